The number of hydrogen-bond acceptors (Lipinski definition) is 4. The second-order valence-corrected chi connectivity index (χ2v) is 5.54. The summed E-state index contributed by atoms with van der Waals surface area (Å²) in [5.41, 5.74) is 2.98. The minimum atomic E-state index is -0.198. The van der Waals surface area contributed by atoms with Crippen LogP contribution in [0.3, 0.4) is 0 Å². The summed E-state index contributed by atoms with van der Waals surface area (Å²) in [6.07, 6.45) is 5.75. The molecule has 3 heterocycles. The SMILES string of the molecule is Cl.O=C(C1C=CCN1)N1Cc2cnc(-c3ccccc3)nc2C1. The average Bonchev–Trinajstić information content (AvgIpc) is 3.23. The monoisotopic (exact) mass is 328 g/mol. The molecule has 118 valence electrons. The Hall–Kier alpha value is -2.24. The lowest BCUT2D eigenvalue weighted by Crippen LogP contribution is -2.41. The van der Waals surface area contributed by atoms with Gasteiger partial charge in [-0.25, -0.2) is 9.97 Å². The first-order chi connectivity index (χ1) is 10.8. The van der Waals surface area contributed by atoms with E-state index in [1.807, 2.05) is 53.6 Å². The van der Waals surface area contributed by atoms with Crippen molar-refractivity contribution in [2.75, 3.05) is 6.54 Å². The van der Waals surface area contributed by atoms with E-state index in [9.17, 15) is 4.79 Å². The molecule has 1 aromatic carbocycles. The molecule has 0 saturated carbocycles. The van der Waals surface area contributed by atoms with Gasteiger partial charge in [-0.05, 0) is 0 Å². The summed E-state index contributed by atoms with van der Waals surface area (Å²) >= 11 is 0. The molecule has 1 unspecified atom stereocenters. The molecule has 1 atom stereocenters. The minimum absolute atomic E-state index is 0. The molecule has 6 heteroatoms. The Morgan fingerprint density at radius 1 is 1.22 bits per heavy atom. The number of nitrogens with zero attached hydrogens (tertiary/aromatic N) is 3. The molecule has 0 saturated heterocycles. The number of fused-ring (bicyclic) bond motifs is 1. The summed E-state index contributed by atoms with van der Waals surface area (Å²) in [4.78, 5) is 23.3. The zero-order chi connectivity index (χ0) is 14.9. The Balaban J connectivity index is 0.00000156. The summed E-state index contributed by atoms with van der Waals surface area (Å²) < 4.78 is 0. The van der Waals surface area contributed by atoms with Crippen LogP contribution >= 0.6 is 12.4 Å². The van der Waals surface area contributed by atoms with Crippen molar-refractivity contribution in [2.24, 2.45) is 0 Å². The number of benzene rings is 1. The van der Waals surface area contributed by atoms with Crippen molar-refractivity contribution >= 4 is 18.3 Å². The van der Waals surface area contributed by atoms with Crippen LogP contribution in [0.25, 0.3) is 11.4 Å². The van der Waals surface area contributed by atoms with Crippen LogP contribution in [0.5, 0.6) is 0 Å². The average molecular weight is 329 g/mol. The summed E-state index contributed by atoms with van der Waals surface area (Å²) in [5, 5.41) is 3.16. The second-order valence-electron chi connectivity index (χ2n) is 5.54. The quantitative estimate of drug-likeness (QED) is 0.856. The number of carbonyl (C=O) groups is 1. The van der Waals surface area contributed by atoms with Gasteiger partial charge in [-0.3, -0.25) is 10.1 Å². The first-order valence-corrected chi connectivity index (χ1v) is 7.40. The fourth-order valence-corrected chi connectivity index (χ4v) is 2.87. The first-order valence-electron chi connectivity index (χ1n) is 7.40. The molecule has 1 aromatic heterocycles. The van der Waals surface area contributed by atoms with E-state index in [1.165, 1.54) is 0 Å². The third kappa shape index (κ3) is 2.98. The molecule has 0 bridgehead atoms. The molecule has 5 nitrogen and oxygen atoms in total. The van der Waals surface area contributed by atoms with Gasteiger partial charge in [0.25, 0.3) is 0 Å². The van der Waals surface area contributed by atoms with Crippen LogP contribution in [0.4, 0.5) is 0 Å². The number of halogens is 1. The molecule has 0 fully saturated rings. The molecule has 0 spiro atoms. The van der Waals surface area contributed by atoms with Crippen molar-refractivity contribution in [3.05, 3.63) is 59.9 Å². The molecule has 1 amide bonds. The van der Waals surface area contributed by atoms with Crippen molar-refractivity contribution in [2.45, 2.75) is 19.1 Å². The third-order valence-corrected chi connectivity index (χ3v) is 4.05. The number of nitrogens with one attached hydrogen (secondary N) is 1. The van der Waals surface area contributed by atoms with Gasteiger partial charge in [0, 0.05) is 30.4 Å². The maximum Gasteiger partial charge on any atom is 0.244 e. The molecule has 0 radical (unpaired) electrons. The Morgan fingerprint density at radius 2 is 2.04 bits per heavy atom. The van der Waals surface area contributed by atoms with Gasteiger partial charge in [-0.2, -0.15) is 0 Å². The minimum Gasteiger partial charge on any atom is -0.331 e. The van der Waals surface area contributed by atoms with Crippen LogP contribution in [-0.4, -0.2) is 33.4 Å². The number of amides is 1. The highest BCUT2D eigenvalue weighted by molar-refractivity contribution is 5.85. The molecule has 0 aliphatic carbocycles. The fraction of sp³-hybridized carbons (Fsp3) is 0.235. The molecule has 2 aromatic rings. The van der Waals surface area contributed by atoms with E-state index < -0.39 is 0 Å². The van der Waals surface area contributed by atoms with Crippen molar-refractivity contribution in [3.63, 3.8) is 0 Å². The number of hydrogen-bond donors (Lipinski definition) is 1. The van der Waals surface area contributed by atoms with Crippen molar-refractivity contribution in [3.8, 4) is 11.4 Å². The van der Waals surface area contributed by atoms with Crippen LogP contribution in [0.2, 0.25) is 0 Å². The Kier molecular flexibility index (Phi) is 4.41. The maximum absolute atomic E-state index is 12.4. The van der Waals surface area contributed by atoms with Gasteiger partial charge in [0.05, 0.1) is 12.2 Å². The predicted molar refractivity (Wildman–Crippen MR) is 89.9 cm³/mol. The van der Waals surface area contributed by atoms with E-state index in [-0.39, 0.29) is 24.4 Å². The molecule has 2 aliphatic heterocycles. The van der Waals surface area contributed by atoms with Crippen LogP contribution < -0.4 is 5.32 Å². The summed E-state index contributed by atoms with van der Waals surface area (Å²) in [5.74, 6) is 0.820. The van der Waals surface area contributed by atoms with E-state index >= 15 is 0 Å². The lowest BCUT2D eigenvalue weighted by atomic mass is 10.2. The lowest BCUT2D eigenvalue weighted by Gasteiger charge is -2.18. The van der Waals surface area contributed by atoms with E-state index in [0.29, 0.717) is 18.9 Å². The van der Waals surface area contributed by atoms with Gasteiger partial charge < -0.3 is 4.90 Å². The highest BCUT2D eigenvalue weighted by atomic mass is 35.5. The van der Waals surface area contributed by atoms with E-state index in [0.717, 1.165) is 23.4 Å². The van der Waals surface area contributed by atoms with Gasteiger partial charge in [0.15, 0.2) is 5.82 Å². The number of aromatic nitrogens is 2. The van der Waals surface area contributed by atoms with Gasteiger partial charge in [-0.1, -0.05) is 42.5 Å². The molecular weight excluding hydrogens is 312 g/mol. The number of carbonyl (C=O) groups excluding carboxylic acids is 1. The van der Waals surface area contributed by atoms with E-state index in [1.54, 1.807) is 0 Å². The lowest BCUT2D eigenvalue weighted by molar-refractivity contribution is -0.132. The standard InChI is InChI=1S/C17H16N4O.ClH/c22-17(14-7-4-8-18-14)21-10-13-9-19-16(20-15(13)11-21)12-5-2-1-3-6-12;/h1-7,9,14,18H,8,10-11H2;1H. The van der Waals surface area contributed by atoms with Crippen molar-refractivity contribution < 1.29 is 4.79 Å². The Bertz CT molecular complexity index is 748. The zero-order valence-corrected chi connectivity index (χ0v) is 13.3. The maximum atomic E-state index is 12.4. The predicted octanol–water partition coefficient (Wildman–Crippen LogP) is 1.94. The van der Waals surface area contributed by atoms with Gasteiger partial charge in [0.2, 0.25) is 5.91 Å². The first kappa shape index (κ1) is 15.6. The van der Waals surface area contributed by atoms with Crippen LogP contribution in [-0.2, 0) is 17.9 Å². The van der Waals surface area contributed by atoms with Crippen molar-refractivity contribution in [1.29, 1.82) is 0 Å². The van der Waals surface area contributed by atoms with Gasteiger partial charge in [-0.15, -0.1) is 12.4 Å². The molecule has 1 N–H and O–H groups in total. The van der Waals surface area contributed by atoms with Crippen LogP contribution in [0, 0.1) is 0 Å². The Labute approximate surface area is 140 Å². The normalized spacial score (nSPS) is 18.6. The highest BCUT2D eigenvalue weighted by Gasteiger charge is 2.29. The van der Waals surface area contributed by atoms with Crippen LogP contribution in [0.15, 0.2) is 48.7 Å². The highest BCUT2D eigenvalue weighted by Crippen LogP contribution is 2.24. The van der Waals surface area contributed by atoms with Crippen LogP contribution in [0.1, 0.15) is 11.3 Å². The van der Waals surface area contributed by atoms with Crippen molar-refractivity contribution in [1.82, 2.24) is 20.2 Å². The third-order valence-electron chi connectivity index (χ3n) is 4.05. The smallest absolute Gasteiger partial charge is 0.244 e. The topological polar surface area (TPSA) is 58.1 Å². The summed E-state index contributed by atoms with van der Waals surface area (Å²) in [6, 6.07) is 9.70. The summed E-state index contributed by atoms with van der Waals surface area (Å²) in [6.45, 7) is 1.91. The zero-order valence-electron chi connectivity index (χ0n) is 12.5. The van der Waals surface area contributed by atoms with Gasteiger partial charge in [0.1, 0.15) is 6.04 Å². The largest absolute Gasteiger partial charge is 0.331 e. The van der Waals surface area contributed by atoms with E-state index in [4.69, 9.17) is 0 Å². The second kappa shape index (κ2) is 6.48. The Morgan fingerprint density at radius 3 is 2.78 bits per heavy atom. The fourth-order valence-electron chi connectivity index (χ4n) is 2.87. The molecular formula is C17H17ClN4O. The molecule has 2 aliphatic rings. The molecule has 4 rings (SSSR count). The summed E-state index contributed by atoms with van der Waals surface area (Å²) in [7, 11) is 0. The number of rotatable bonds is 2. The molecule has 23 heavy (non-hydrogen) atoms. The van der Waals surface area contributed by atoms with E-state index in [2.05, 4.69) is 15.3 Å². The van der Waals surface area contributed by atoms with Gasteiger partial charge >= 0.3 is 0 Å².